The van der Waals surface area contributed by atoms with Gasteiger partial charge in [-0.25, -0.2) is 0 Å². The number of nitrogens with two attached hydrogens (primary N) is 1. The third-order valence-electron chi connectivity index (χ3n) is 5.61. The molecule has 2 aliphatic carbocycles. The monoisotopic (exact) mass is 356 g/mol. The molecule has 0 bridgehead atoms. The van der Waals surface area contributed by atoms with Crippen LogP contribution in [0.3, 0.4) is 0 Å². The minimum absolute atomic E-state index is 0.220. The molecule has 0 radical (unpaired) electrons. The van der Waals surface area contributed by atoms with Crippen LogP contribution in [0.15, 0.2) is 48.0 Å². The van der Waals surface area contributed by atoms with Crippen LogP contribution in [0.1, 0.15) is 60.4 Å². The number of nitrogens with zero attached hydrogens (tertiary/aromatic N) is 1. The van der Waals surface area contributed by atoms with Gasteiger partial charge in [0.05, 0.1) is 23.4 Å². The van der Waals surface area contributed by atoms with E-state index in [1.807, 2.05) is 30.3 Å². The molecule has 0 saturated carbocycles. The summed E-state index contributed by atoms with van der Waals surface area (Å²) in [5, 5.41) is 21.3. The first-order chi connectivity index (χ1) is 13.2. The van der Waals surface area contributed by atoms with E-state index in [1.54, 1.807) is 0 Å². The Labute approximate surface area is 160 Å². The molecule has 27 heavy (non-hydrogen) atoms. The summed E-state index contributed by atoms with van der Waals surface area (Å²) in [6, 6.07) is 14.3. The Morgan fingerprint density at radius 3 is 2.81 bits per heavy atom. The lowest BCUT2D eigenvalue weighted by Gasteiger charge is -2.28. The number of hydrogen-bond acceptors (Lipinski definition) is 4. The van der Waals surface area contributed by atoms with Crippen molar-refractivity contribution >= 4 is 17.1 Å². The normalized spacial score (nSPS) is 18.3. The zero-order chi connectivity index (χ0) is 18.8. The lowest BCUT2D eigenvalue weighted by atomic mass is 9.86. The van der Waals surface area contributed by atoms with Gasteiger partial charge in [0.2, 0.25) is 0 Å². The van der Waals surface area contributed by atoms with Crippen molar-refractivity contribution in [1.29, 1.82) is 10.7 Å². The van der Waals surface area contributed by atoms with Crippen molar-refractivity contribution in [2.75, 3.05) is 11.1 Å². The predicted octanol–water partition coefficient (Wildman–Crippen LogP) is 5.11. The molecule has 1 unspecified atom stereocenters. The van der Waals surface area contributed by atoms with Gasteiger partial charge in [-0.15, -0.1) is 0 Å². The van der Waals surface area contributed by atoms with Crippen molar-refractivity contribution in [1.82, 2.24) is 0 Å². The Bertz CT molecular complexity index is 965. The molecule has 1 atom stereocenters. The number of nitriles is 1. The fourth-order valence-corrected chi connectivity index (χ4v) is 4.17. The number of aryl methyl sites for hydroxylation is 1. The topological polar surface area (TPSA) is 85.7 Å². The van der Waals surface area contributed by atoms with Crippen LogP contribution in [0.4, 0.5) is 11.4 Å². The Morgan fingerprint density at radius 2 is 2.04 bits per heavy atom. The van der Waals surface area contributed by atoms with Crippen molar-refractivity contribution in [2.24, 2.45) is 0 Å². The molecule has 0 fully saturated rings. The molecular weight excluding hydrogens is 332 g/mol. The molecular formula is C23H24N4. The van der Waals surface area contributed by atoms with Crippen molar-refractivity contribution in [2.45, 2.75) is 44.6 Å². The predicted molar refractivity (Wildman–Crippen MR) is 110 cm³/mol. The number of rotatable bonds is 4. The van der Waals surface area contributed by atoms with Gasteiger partial charge in [-0.1, -0.05) is 12.1 Å². The van der Waals surface area contributed by atoms with Gasteiger partial charge in [-0.3, -0.25) is 5.41 Å². The van der Waals surface area contributed by atoms with Crippen molar-refractivity contribution in [3.63, 3.8) is 0 Å². The van der Waals surface area contributed by atoms with E-state index in [-0.39, 0.29) is 6.04 Å². The first-order valence-electron chi connectivity index (χ1n) is 9.63. The summed E-state index contributed by atoms with van der Waals surface area (Å²) < 4.78 is 0. The van der Waals surface area contributed by atoms with Gasteiger partial charge in [-0.05, 0) is 85.6 Å². The van der Waals surface area contributed by atoms with Crippen molar-refractivity contribution < 1.29 is 0 Å². The third-order valence-corrected chi connectivity index (χ3v) is 5.61. The summed E-state index contributed by atoms with van der Waals surface area (Å²) in [5.41, 5.74) is 13.5. The molecule has 4 N–H and O–H groups in total. The van der Waals surface area contributed by atoms with Gasteiger partial charge in [0.1, 0.15) is 0 Å². The van der Waals surface area contributed by atoms with Crippen molar-refractivity contribution in [3.05, 3.63) is 70.3 Å². The first-order valence-corrected chi connectivity index (χ1v) is 9.63. The first kappa shape index (κ1) is 17.4. The summed E-state index contributed by atoms with van der Waals surface area (Å²) in [6.07, 6.45) is 8.48. The summed E-state index contributed by atoms with van der Waals surface area (Å²) in [5.74, 6) is 0. The van der Waals surface area contributed by atoms with Crippen LogP contribution in [-0.2, 0) is 6.42 Å². The minimum atomic E-state index is 0.220. The van der Waals surface area contributed by atoms with Gasteiger partial charge in [-0.2, -0.15) is 5.26 Å². The van der Waals surface area contributed by atoms with Gasteiger partial charge >= 0.3 is 0 Å². The zero-order valence-electron chi connectivity index (χ0n) is 15.4. The van der Waals surface area contributed by atoms with E-state index in [0.29, 0.717) is 11.4 Å². The van der Waals surface area contributed by atoms with Crippen LogP contribution in [0.5, 0.6) is 0 Å². The maximum absolute atomic E-state index is 9.14. The standard InChI is InChI=1S/C23H24N4/c24-14-15-8-10-19-17(12-15)6-3-7-22(19)27-18-9-11-21(25)20(13-18)23(26)16-4-1-2-5-16/h4,8-13,22,26-27H,1-3,5-7,25H2. The second kappa shape index (κ2) is 7.28. The molecule has 2 aromatic carbocycles. The molecule has 4 nitrogen and oxygen atoms in total. The van der Waals surface area contributed by atoms with Crippen LogP contribution in [-0.4, -0.2) is 5.71 Å². The zero-order valence-corrected chi connectivity index (χ0v) is 15.4. The lowest BCUT2D eigenvalue weighted by molar-refractivity contribution is 0.600. The fourth-order valence-electron chi connectivity index (χ4n) is 4.17. The van der Waals surface area contributed by atoms with E-state index in [4.69, 9.17) is 16.4 Å². The van der Waals surface area contributed by atoms with Gasteiger partial charge in [0, 0.05) is 16.9 Å². The average Bonchev–Trinajstić information content (AvgIpc) is 3.23. The number of allylic oxidation sites excluding steroid dienone is 2. The Balaban J connectivity index is 1.60. The number of hydrogen-bond donors (Lipinski definition) is 3. The number of nitrogens with one attached hydrogen (secondary N) is 2. The van der Waals surface area contributed by atoms with E-state index in [0.717, 1.165) is 60.9 Å². The highest BCUT2D eigenvalue weighted by molar-refractivity contribution is 6.14. The van der Waals surface area contributed by atoms with Crippen LogP contribution in [0.2, 0.25) is 0 Å². The average molecular weight is 356 g/mol. The quantitative estimate of drug-likeness (QED) is 0.526. The Hall–Kier alpha value is -3.06. The molecule has 0 amide bonds. The van der Waals surface area contributed by atoms with Gasteiger partial charge in [0.25, 0.3) is 0 Å². The molecule has 2 aliphatic rings. The minimum Gasteiger partial charge on any atom is -0.398 e. The van der Waals surface area contributed by atoms with E-state index < -0.39 is 0 Å². The second-order valence-corrected chi connectivity index (χ2v) is 7.41. The molecule has 136 valence electrons. The fraction of sp³-hybridized carbons (Fsp3) is 0.304. The number of benzene rings is 2. The molecule has 2 aromatic rings. The Morgan fingerprint density at radius 1 is 1.15 bits per heavy atom. The Kier molecular flexibility index (Phi) is 4.68. The van der Waals surface area contributed by atoms with Crippen LogP contribution < -0.4 is 11.1 Å². The second-order valence-electron chi connectivity index (χ2n) is 7.41. The molecule has 0 aromatic heterocycles. The van der Waals surface area contributed by atoms with Crippen molar-refractivity contribution in [3.8, 4) is 6.07 Å². The molecule has 0 spiro atoms. The molecule has 4 heteroatoms. The highest BCUT2D eigenvalue weighted by atomic mass is 14.9. The third kappa shape index (κ3) is 3.46. The lowest BCUT2D eigenvalue weighted by Crippen LogP contribution is -2.18. The summed E-state index contributed by atoms with van der Waals surface area (Å²) >= 11 is 0. The molecule has 0 aliphatic heterocycles. The van der Waals surface area contributed by atoms with E-state index in [2.05, 4.69) is 23.5 Å². The SMILES string of the molecule is N#Cc1ccc2c(c1)CCCC2Nc1ccc(N)c(C(=N)C2=CCCC2)c1. The molecule has 0 heterocycles. The molecule has 4 rings (SSSR count). The maximum atomic E-state index is 9.14. The van der Waals surface area contributed by atoms with Crippen LogP contribution >= 0.6 is 0 Å². The highest BCUT2D eigenvalue weighted by Gasteiger charge is 2.21. The number of anilines is 2. The van der Waals surface area contributed by atoms with Crippen LogP contribution in [0, 0.1) is 16.7 Å². The van der Waals surface area contributed by atoms with E-state index in [1.165, 1.54) is 11.1 Å². The van der Waals surface area contributed by atoms with Gasteiger partial charge in [0.15, 0.2) is 0 Å². The van der Waals surface area contributed by atoms with E-state index in [9.17, 15) is 0 Å². The summed E-state index contributed by atoms with van der Waals surface area (Å²) in [4.78, 5) is 0. The molecule has 0 saturated heterocycles. The number of nitrogen functional groups attached to an aromatic ring is 1. The smallest absolute Gasteiger partial charge is 0.0991 e. The van der Waals surface area contributed by atoms with Crippen LogP contribution in [0.25, 0.3) is 0 Å². The largest absolute Gasteiger partial charge is 0.398 e. The summed E-state index contributed by atoms with van der Waals surface area (Å²) in [6.45, 7) is 0. The van der Waals surface area contributed by atoms with E-state index >= 15 is 0 Å². The maximum Gasteiger partial charge on any atom is 0.0991 e. The van der Waals surface area contributed by atoms with Gasteiger partial charge < -0.3 is 11.1 Å². The number of fused-ring (bicyclic) bond motifs is 1. The summed E-state index contributed by atoms with van der Waals surface area (Å²) in [7, 11) is 0. The highest BCUT2D eigenvalue weighted by Crippen LogP contribution is 2.34.